The van der Waals surface area contributed by atoms with Crippen LogP contribution in [-0.2, 0) is 17.8 Å². The van der Waals surface area contributed by atoms with Crippen molar-refractivity contribution < 1.29 is 4.55 Å². The van der Waals surface area contributed by atoms with Crippen LogP contribution in [-0.4, -0.2) is 15.5 Å². The summed E-state index contributed by atoms with van der Waals surface area (Å²) in [6.07, 6.45) is 3.42. The van der Waals surface area contributed by atoms with Crippen LogP contribution >= 0.6 is 0 Å². The molecule has 1 aromatic rings. The van der Waals surface area contributed by atoms with Crippen LogP contribution in [0.2, 0.25) is 0 Å². The highest BCUT2D eigenvalue weighted by Crippen LogP contribution is 2.19. The van der Waals surface area contributed by atoms with E-state index in [1.807, 2.05) is 39.0 Å². The number of hydrogen-bond acceptors (Lipinski definition) is 3. The van der Waals surface area contributed by atoms with Crippen molar-refractivity contribution in [1.29, 1.82) is 5.26 Å². The van der Waals surface area contributed by atoms with Crippen LogP contribution < -0.4 is 0 Å². The quantitative estimate of drug-likeness (QED) is 0.625. The number of nitriles is 1. The van der Waals surface area contributed by atoms with Crippen molar-refractivity contribution in [3.05, 3.63) is 34.9 Å². The predicted octanol–water partition coefficient (Wildman–Crippen LogP) is 3.39. The van der Waals surface area contributed by atoms with Gasteiger partial charge in [0.1, 0.15) is 16.1 Å². The maximum absolute atomic E-state index is 11.9. The van der Waals surface area contributed by atoms with E-state index in [2.05, 4.69) is 17.4 Å². The summed E-state index contributed by atoms with van der Waals surface area (Å²) in [6.45, 7) is 7.74. The summed E-state index contributed by atoms with van der Waals surface area (Å²) in [7, 11) is 0. The Labute approximate surface area is 118 Å². The average Bonchev–Trinajstić information content (AvgIpc) is 2.36. The molecule has 0 N–H and O–H groups in total. The molecule has 4 heteroatoms. The molecule has 1 rings (SSSR count). The first kappa shape index (κ1) is 15.7. The molecule has 1 aromatic carbocycles. The Balaban J connectivity index is 3.08. The van der Waals surface area contributed by atoms with E-state index in [0.29, 0.717) is 5.56 Å². The minimum atomic E-state index is -1.27. The molecule has 0 spiro atoms. The molecule has 0 amide bonds. The van der Waals surface area contributed by atoms with Crippen LogP contribution in [0.5, 0.6) is 0 Å². The largest absolute Gasteiger partial charge is 0.591 e. The van der Waals surface area contributed by atoms with Crippen molar-refractivity contribution >= 4 is 17.6 Å². The number of rotatable bonds is 4. The Kier molecular flexibility index (Phi) is 5.59. The lowest BCUT2D eigenvalue weighted by Gasteiger charge is -2.18. The molecule has 0 aliphatic heterocycles. The number of nitrogens with zero attached hydrogens (tertiary/aromatic N) is 2. The number of hydrogen-bond donors (Lipinski definition) is 0. The van der Waals surface area contributed by atoms with Gasteiger partial charge in [-0.15, -0.1) is 0 Å². The predicted molar refractivity (Wildman–Crippen MR) is 80.6 cm³/mol. The second kappa shape index (κ2) is 6.74. The topological polar surface area (TPSA) is 59.2 Å². The first-order valence-corrected chi connectivity index (χ1v) is 7.49. The Morgan fingerprint density at radius 2 is 2.11 bits per heavy atom. The molecule has 0 aliphatic rings. The lowest BCUT2D eigenvalue weighted by molar-refractivity contribution is 0.562. The molecular formula is C15H20N2OS. The zero-order valence-electron chi connectivity index (χ0n) is 11.9. The van der Waals surface area contributed by atoms with Gasteiger partial charge >= 0.3 is 0 Å². The fraction of sp³-hybridized carbons (Fsp3) is 0.467. The van der Waals surface area contributed by atoms with Gasteiger partial charge in [0.15, 0.2) is 0 Å². The van der Waals surface area contributed by atoms with Crippen molar-refractivity contribution in [2.24, 2.45) is 4.40 Å². The molecule has 102 valence electrons. The monoisotopic (exact) mass is 276 g/mol. The molecule has 0 radical (unpaired) electrons. The molecular weight excluding hydrogens is 256 g/mol. The van der Waals surface area contributed by atoms with E-state index in [1.54, 1.807) is 6.21 Å². The van der Waals surface area contributed by atoms with Crippen LogP contribution in [0.4, 0.5) is 0 Å². The molecule has 0 saturated heterocycles. The highest BCUT2D eigenvalue weighted by molar-refractivity contribution is 7.91. The molecule has 0 saturated carbocycles. The minimum absolute atomic E-state index is 0.367. The van der Waals surface area contributed by atoms with Crippen molar-refractivity contribution in [2.45, 2.75) is 45.3 Å². The van der Waals surface area contributed by atoms with E-state index >= 15 is 0 Å². The van der Waals surface area contributed by atoms with Gasteiger partial charge in [-0.2, -0.15) is 5.26 Å². The van der Waals surface area contributed by atoms with Crippen LogP contribution in [0.3, 0.4) is 0 Å². The van der Waals surface area contributed by atoms with E-state index in [0.717, 1.165) is 24.0 Å². The van der Waals surface area contributed by atoms with Gasteiger partial charge in [0.2, 0.25) is 0 Å². The van der Waals surface area contributed by atoms with Crippen molar-refractivity contribution in [1.82, 2.24) is 0 Å². The van der Waals surface area contributed by atoms with Crippen LogP contribution in [0.15, 0.2) is 22.6 Å². The summed E-state index contributed by atoms with van der Waals surface area (Å²) in [5, 5.41) is 9.12. The van der Waals surface area contributed by atoms with Gasteiger partial charge in [0, 0.05) is 5.56 Å². The molecule has 0 fully saturated rings. The lowest BCUT2D eigenvalue weighted by Crippen LogP contribution is -2.25. The molecule has 0 aliphatic carbocycles. The van der Waals surface area contributed by atoms with Crippen molar-refractivity contribution in [2.75, 3.05) is 0 Å². The summed E-state index contributed by atoms with van der Waals surface area (Å²) in [6, 6.07) is 7.75. The lowest BCUT2D eigenvalue weighted by atomic mass is 9.98. The van der Waals surface area contributed by atoms with Gasteiger partial charge in [-0.05, 0) is 38.8 Å². The van der Waals surface area contributed by atoms with Gasteiger partial charge in [0.05, 0.1) is 17.8 Å². The molecule has 3 nitrogen and oxygen atoms in total. The smallest absolute Gasteiger partial charge is 0.144 e. The van der Waals surface area contributed by atoms with E-state index in [9.17, 15) is 4.55 Å². The molecule has 1 unspecified atom stereocenters. The number of benzene rings is 1. The van der Waals surface area contributed by atoms with E-state index in [1.165, 1.54) is 0 Å². The first-order valence-electron chi connectivity index (χ1n) is 6.38. The molecule has 0 heterocycles. The van der Waals surface area contributed by atoms with Gasteiger partial charge in [-0.1, -0.05) is 29.9 Å². The Morgan fingerprint density at radius 1 is 1.42 bits per heavy atom. The summed E-state index contributed by atoms with van der Waals surface area (Å²) < 4.78 is 15.7. The summed E-state index contributed by atoms with van der Waals surface area (Å²) in [4.78, 5) is 0. The maximum Gasteiger partial charge on any atom is 0.144 e. The second-order valence-corrected chi connectivity index (χ2v) is 7.27. The zero-order chi connectivity index (χ0) is 14.5. The third-order valence-corrected chi connectivity index (χ3v) is 3.99. The van der Waals surface area contributed by atoms with Gasteiger partial charge in [-0.3, -0.25) is 0 Å². The summed E-state index contributed by atoms with van der Waals surface area (Å²) in [5.41, 5.74) is 2.55. The fourth-order valence-corrected chi connectivity index (χ4v) is 2.15. The van der Waals surface area contributed by atoms with Gasteiger partial charge < -0.3 is 4.55 Å². The van der Waals surface area contributed by atoms with Crippen LogP contribution in [0.25, 0.3) is 0 Å². The second-order valence-electron chi connectivity index (χ2n) is 5.33. The van der Waals surface area contributed by atoms with Crippen LogP contribution in [0.1, 0.15) is 50.8 Å². The normalized spacial score (nSPS) is 13.5. The highest BCUT2D eigenvalue weighted by Gasteiger charge is 2.25. The summed E-state index contributed by atoms with van der Waals surface area (Å²) in [5.74, 6) is 0. The van der Waals surface area contributed by atoms with Gasteiger partial charge in [-0.25, -0.2) is 0 Å². The average molecular weight is 276 g/mol. The van der Waals surface area contributed by atoms with E-state index in [-0.39, 0.29) is 4.75 Å². The van der Waals surface area contributed by atoms with Crippen molar-refractivity contribution in [3.8, 4) is 6.07 Å². The maximum atomic E-state index is 11.9. The highest BCUT2D eigenvalue weighted by atomic mass is 32.2. The first-order chi connectivity index (χ1) is 8.90. The van der Waals surface area contributed by atoms with E-state index in [4.69, 9.17) is 5.26 Å². The molecule has 19 heavy (non-hydrogen) atoms. The zero-order valence-corrected chi connectivity index (χ0v) is 12.8. The summed E-state index contributed by atoms with van der Waals surface area (Å²) >= 11 is -1.27. The Bertz CT molecular complexity index is 498. The van der Waals surface area contributed by atoms with Crippen LogP contribution in [0, 0.1) is 11.3 Å². The van der Waals surface area contributed by atoms with E-state index < -0.39 is 11.4 Å². The SMILES string of the molecule is CCCc1c(C#N)cccc1/C=N/[S+]([O-])C(C)(C)C. The Hall–Kier alpha value is -1.31. The van der Waals surface area contributed by atoms with Crippen molar-refractivity contribution in [3.63, 3.8) is 0 Å². The minimum Gasteiger partial charge on any atom is -0.591 e. The fourth-order valence-electron chi connectivity index (χ4n) is 1.62. The third-order valence-electron chi connectivity index (χ3n) is 2.64. The standard InChI is InChI=1S/C15H20N2OS/c1-5-7-14-12(10-16)8-6-9-13(14)11-17-19(18)15(2,3)4/h6,8-9,11H,5,7H2,1-4H3/b17-11+. The molecule has 0 bridgehead atoms. The van der Waals surface area contributed by atoms with Gasteiger partial charge in [0.25, 0.3) is 0 Å². The third kappa shape index (κ3) is 4.38. The molecule has 0 aromatic heterocycles. The Morgan fingerprint density at radius 3 is 2.63 bits per heavy atom. The molecule has 1 atom stereocenters.